The minimum Gasteiger partial charge on any atom is -0.299 e. The van der Waals surface area contributed by atoms with Crippen molar-refractivity contribution >= 4 is 23.1 Å². The molecule has 4 nitrogen and oxygen atoms in total. The largest absolute Gasteiger partial charge is 0.299 e. The Kier molecular flexibility index (Phi) is 39.6. The van der Waals surface area contributed by atoms with Gasteiger partial charge in [-0.15, -0.1) is 0 Å². The first-order valence-electron chi connectivity index (χ1n) is 20.3. The average Bonchev–Trinajstić information content (AvgIpc) is 2.97. The molecule has 0 spiro atoms. The van der Waals surface area contributed by atoms with Gasteiger partial charge in [-0.1, -0.05) is 169 Å². The van der Waals surface area contributed by atoms with Gasteiger partial charge in [0.2, 0.25) is 0 Å². The molecule has 0 saturated heterocycles. The minimum absolute atomic E-state index is 0.106. The summed E-state index contributed by atoms with van der Waals surface area (Å²) in [6, 6.07) is 0. The monoisotopic (exact) mass is 681 g/mol. The Morgan fingerprint density at radius 3 is 0.646 bits per heavy atom. The van der Waals surface area contributed by atoms with Gasteiger partial charge in [-0.2, -0.15) is 0 Å². The molecular weight excluding hydrogens is 592 g/mol. The van der Waals surface area contributed by atoms with Crippen LogP contribution in [0.1, 0.15) is 214 Å². The summed E-state index contributed by atoms with van der Waals surface area (Å²) in [4.78, 5) is 44.7. The molecular formula is C44H88O4. The first-order chi connectivity index (χ1) is 22.1. The SMILES string of the molecule is CC(C)C(=O)CCCC(=O)C(C)C.CC(C)CCCCC(=O)C(C)C.CC(C)CCCCC(=O)C(C)C.CC(C)CCCCCC(C)C. The third-order valence-corrected chi connectivity index (χ3v) is 8.39. The molecule has 4 heteroatoms. The van der Waals surface area contributed by atoms with Gasteiger partial charge >= 0.3 is 0 Å². The summed E-state index contributed by atoms with van der Waals surface area (Å²) in [5.41, 5.74) is 0. The Bertz CT molecular complexity index is 694. The molecule has 48 heavy (non-hydrogen) atoms. The molecule has 0 unspecified atom stereocenters. The number of carbonyl (C=O) groups is 4. The maximum Gasteiger partial charge on any atom is 0.135 e. The number of ketones is 4. The summed E-state index contributed by atoms with van der Waals surface area (Å²) < 4.78 is 0. The topological polar surface area (TPSA) is 68.3 Å². The van der Waals surface area contributed by atoms with Crippen molar-refractivity contribution in [2.24, 2.45) is 47.3 Å². The zero-order valence-electron chi connectivity index (χ0n) is 35.6. The van der Waals surface area contributed by atoms with Crippen molar-refractivity contribution in [2.45, 2.75) is 214 Å². The van der Waals surface area contributed by atoms with E-state index in [-0.39, 0.29) is 35.2 Å². The molecule has 0 bridgehead atoms. The maximum atomic E-state index is 11.2. The van der Waals surface area contributed by atoms with Crippen LogP contribution < -0.4 is 0 Å². The molecule has 0 amide bonds. The van der Waals surface area contributed by atoms with Crippen LogP contribution >= 0.6 is 0 Å². The molecule has 0 aromatic rings. The van der Waals surface area contributed by atoms with Gasteiger partial charge in [0.25, 0.3) is 0 Å². The molecule has 288 valence electrons. The molecule has 0 aromatic heterocycles. The van der Waals surface area contributed by atoms with E-state index < -0.39 is 0 Å². The summed E-state index contributed by atoms with van der Waals surface area (Å²) in [7, 11) is 0. The zero-order chi connectivity index (χ0) is 38.2. The van der Waals surface area contributed by atoms with Gasteiger partial charge in [-0.25, -0.2) is 0 Å². The average molecular weight is 681 g/mol. The fraction of sp³-hybridized carbons (Fsp3) is 0.909. The van der Waals surface area contributed by atoms with Gasteiger partial charge in [-0.05, 0) is 42.9 Å². The van der Waals surface area contributed by atoms with Crippen molar-refractivity contribution in [1.29, 1.82) is 0 Å². The Morgan fingerprint density at radius 2 is 0.458 bits per heavy atom. The lowest BCUT2D eigenvalue weighted by Crippen LogP contribution is -2.10. The fourth-order valence-electron chi connectivity index (χ4n) is 4.58. The summed E-state index contributed by atoms with van der Waals surface area (Å²) in [6.45, 7) is 33.6. The molecule has 0 radical (unpaired) electrons. The van der Waals surface area contributed by atoms with Crippen LogP contribution in [0.4, 0.5) is 0 Å². The lowest BCUT2D eigenvalue weighted by Gasteiger charge is -2.05. The summed E-state index contributed by atoms with van der Waals surface area (Å²) in [6.07, 6.45) is 17.6. The van der Waals surface area contributed by atoms with E-state index in [9.17, 15) is 19.2 Å². The highest BCUT2D eigenvalue weighted by Crippen LogP contribution is 2.13. The van der Waals surface area contributed by atoms with E-state index in [2.05, 4.69) is 55.4 Å². The first-order valence-corrected chi connectivity index (χ1v) is 20.3. The highest BCUT2D eigenvalue weighted by Gasteiger charge is 2.11. The molecule has 0 rings (SSSR count). The van der Waals surface area contributed by atoms with Crippen LogP contribution in [0, 0.1) is 47.3 Å². The van der Waals surface area contributed by atoms with Crippen molar-refractivity contribution in [3.8, 4) is 0 Å². The van der Waals surface area contributed by atoms with Crippen molar-refractivity contribution < 1.29 is 19.2 Å². The Morgan fingerprint density at radius 1 is 0.271 bits per heavy atom. The summed E-state index contributed by atoms with van der Waals surface area (Å²) >= 11 is 0. The van der Waals surface area contributed by atoms with Crippen LogP contribution in [0.2, 0.25) is 0 Å². The van der Waals surface area contributed by atoms with Crippen LogP contribution in [-0.4, -0.2) is 23.1 Å². The Hall–Kier alpha value is -1.32. The van der Waals surface area contributed by atoms with Gasteiger partial charge in [0.15, 0.2) is 0 Å². The fourth-order valence-corrected chi connectivity index (χ4v) is 4.58. The number of carbonyl (C=O) groups excluding carboxylic acids is 4. The van der Waals surface area contributed by atoms with Gasteiger partial charge in [-0.3, -0.25) is 19.2 Å². The van der Waals surface area contributed by atoms with Crippen molar-refractivity contribution in [3.63, 3.8) is 0 Å². The number of hydrogen-bond acceptors (Lipinski definition) is 4. The third-order valence-electron chi connectivity index (χ3n) is 8.39. The predicted octanol–water partition coefficient (Wildman–Crippen LogP) is 13.7. The number of unbranched alkanes of at least 4 members (excludes halogenated alkanes) is 4. The van der Waals surface area contributed by atoms with Crippen molar-refractivity contribution in [3.05, 3.63) is 0 Å². The van der Waals surface area contributed by atoms with Gasteiger partial charge in [0, 0.05) is 49.4 Å². The lowest BCUT2D eigenvalue weighted by atomic mass is 9.99. The Balaban J connectivity index is -0.000000269. The van der Waals surface area contributed by atoms with Crippen LogP contribution in [0.5, 0.6) is 0 Å². The summed E-state index contributed by atoms with van der Waals surface area (Å²) in [5.74, 6) is 5.36. The zero-order valence-corrected chi connectivity index (χ0v) is 35.6. The molecule has 0 aliphatic carbocycles. The lowest BCUT2D eigenvalue weighted by molar-refractivity contribution is -0.124. The predicted molar refractivity (Wildman–Crippen MR) is 213 cm³/mol. The van der Waals surface area contributed by atoms with Crippen LogP contribution in [0.3, 0.4) is 0 Å². The molecule has 0 heterocycles. The number of rotatable bonds is 24. The van der Waals surface area contributed by atoms with Crippen LogP contribution in [0.25, 0.3) is 0 Å². The molecule has 0 aliphatic heterocycles. The highest BCUT2D eigenvalue weighted by molar-refractivity contribution is 5.83. The standard InChI is InChI=1S/C11H20O2.2C11H22O.C11H24/c1-8(2)10(12)6-5-7-11(13)9(3)4;2*1-9(2)7-5-6-8-11(12)10(3)4;1-10(2)8-6-5-7-9-11(3)4/h8-9H,5-7H2,1-4H3;2*9-10H,5-8H2,1-4H3;10-11H,5-9H2,1-4H3. The molecule has 0 aromatic carbocycles. The van der Waals surface area contributed by atoms with Crippen LogP contribution in [-0.2, 0) is 19.2 Å². The molecule has 0 saturated carbocycles. The first kappa shape index (κ1) is 53.5. The smallest absolute Gasteiger partial charge is 0.135 e. The van der Waals surface area contributed by atoms with E-state index in [1.807, 2.05) is 55.4 Å². The Labute approximate surface area is 302 Å². The normalized spacial score (nSPS) is 11.2. The van der Waals surface area contributed by atoms with Crippen molar-refractivity contribution in [2.75, 3.05) is 0 Å². The van der Waals surface area contributed by atoms with E-state index in [1.165, 1.54) is 57.8 Å². The van der Waals surface area contributed by atoms with E-state index >= 15 is 0 Å². The molecule has 0 atom stereocenters. The highest BCUT2D eigenvalue weighted by atomic mass is 16.1. The quantitative estimate of drug-likeness (QED) is 0.0951. The second-order valence-electron chi connectivity index (χ2n) is 17.0. The second kappa shape index (κ2) is 35.5. The van der Waals surface area contributed by atoms with E-state index in [4.69, 9.17) is 0 Å². The van der Waals surface area contributed by atoms with Crippen LogP contribution in [0.15, 0.2) is 0 Å². The second-order valence-corrected chi connectivity index (χ2v) is 17.0. The van der Waals surface area contributed by atoms with E-state index in [1.54, 1.807) is 0 Å². The maximum absolute atomic E-state index is 11.2. The van der Waals surface area contributed by atoms with Gasteiger partial charge < -0.3 is 0 Å². The van der Waals surface area contributed by atoms with Gasteiger partial charge in [0.05, 0.1) is 0 Å². The van der Waals surface area contributed by atoms with Gasteiger partial charge in [0.1, 0.15) is 23.1 Å². The summed E-state index contributed by atoms with van der Waals surface area (Å²) in [5, 5.41) is 0. The number of hydrogen-bond donors (Lipinski definition) is 0. The molecule has 0 N–H and O–H groups in total. The molecule has 0 fully saturated rings. The van der Waals surface area contributed by atoms with E-state index in [0.29, 0.717) is 30.8 Å². The van der Waals surface area contributed by atoms with E-state index in [0.717, 1.165) is 49.4 Å². The van der Waals surface area contributed by atoms with Crippen molar-refractivity contribution in [1.82, 2.24) is 0 Å². The minimum atomic E-state index is 0.106. The number of Topliss-reactive ketones (excluding diaryl/α,β-unsaturated/α-hetero) is 4. The molecule has 0 aliphatic rings. The third kappa shape index (κ3) is 46.8.